The van der Waals surface area contributed by atoms with Gasteiger partial charge in [0, 0.05) is 28.7 Å². The molecule has 2 amide bonds. The Labute approximate surface area is 222 Å². The van der Waals surface area contributed by atoms with Crippen molar-refractivity contribution in [1.29, 1.82) is 0 Å². The maximum Gasteiger partial charge on any atom is 0.244 e. The molecule has 0 aromatic heterocycles. The standard InChI is InChI=1S/C25H31Cl2N3O5S/c1-5-6-12-28-25(33)17(2)29(15-20-10-11-21(26)14-23(20)27)24(32)16-30(36(4,34)35)22-9-7-8-19(13-22)18(3)31/h7-11,13-14,17H,5-6,12,15-16H2,1-4H3,(H,28,33). The van der Waals surface area contributed by atoms with Crippen molar-refractivity contribution >= 4 is 56.5 Å². The van der Waals surface area contributed by atoms with Crippen molar-refractivity contribution < 1.29 is 22.8 Å². The molecule has 0 heterocycles. The first-order valence-corrected chi connectivity index (χ1v) is 14.0. The van der Waals surface area contributed by atoms with Crippen LogP contribution in [0.2, 0.25) is 10.0 Å². The van der Waals surface area contributed by atoms with Crippen LogP contribution in [0.25, 0.3) is 0 Å². The Morgan fingerprint density at radius 1 is 1.08 bits per heavy atom. The van der Waals surface area contributed by atoms with Gasteiger partial charge in [0.2, 0.25) is 21.8 Å². The third-order valence-electron chi connectivity index (χ3n) is 5.57. The zero-order valence-corrected chi connectivity index (χ0v) is 23.1. The number of anilines is 1. The van der Waals surface area contributed by atoms with Gasteiger partial charge in [-0.05, 0) is 50.1 Å². The Kier molecular flexibility index (Phi) is 10.8. The smallest absolute Gasteiger partial charge is 0.244 e. The van der Waals surface area contributed by atoms with E-state index in [1.165, 1.54) is 30.0 Å². The number of nitrogens with zero attached hydrogens (tertiary/aromatic N) is 2. The number of ketones is 1. The molecule has 0 spiro atoms. The van der Waals surface area contributed by atoms with Crippen LogP contribution < -0.4 is 9.62 Å². The molecule has 0 aliphatic carbocycles. The Balaban J connectivity index is 2.42. The van der Waals surface area contributed by atoms with Crippen molar-refractivity contribution in [1.82, 2.24) is 10.2 Å². The second-order valence-corrected chi connectivity index (χ2v) is 11.2. The van der Waals surface area contributed by atoms with Crippen LogP contribution in [0.15, 0.2) is 42.5 Å². The van der Waals surface area contributed by atoms with E-state index < -0.39 is 28.5 Å². The number of hydrogen-bond donors (Lipinski definition) is 1. The molecule has 0 radical (unpaired) electrons. The van der Waals surface area contributed by atoms with Crippen molar-refractivity contribution in [3.05, 3.63) is 63.6 Å². The van der Waals surface area contributed by atoms with Crippen molar-refractivity contribution in [2.45, 2.75) is 46.2 Å². The van der Waals surface area contributed by atoms with E-state index in [0.717, 1.165) is 23.4 Å². The van der Waals surface area contributed by atoms with E-state index in [0.29, 0.717) is 27.7 Å². The molecule has 0 bridgehead atoms. The average molecular weight is 557 g/mol. The van der Waals surface area contributed by atoms with Crippen molar-refractivity contribution in [3.8, 4) is 0 Å². The fourth-order valence-electron chi connectivity index (χ4n) is 3.45. The normalized spacial score (nSPS) is 12.1. The predicted molar refractivity (Wildman–Crippen MR) is 143 cm³/mol. The molecule has 0 aliphatic heterocycles. The first-order chi connectivity index (χ1) is 16.8. The van der Waals surface area contributed by atoms with Crippen LogP contribution in [0.4, 0.5) is 5.69 Å². The molecule has 0 aliphatic rings. The van der Waals surface area contributed by atoms with Crippen LogP contribution in [-0.4, -0.2) is 56.3 Å². The largest absolute Gasteiger partial charge is 0.354 e. The summed E-state index contributed by atoms with van der Waals surface area (Å²) in [6.45, 7) is 4.78. The zero-order chi connectivity index (χ0) is 27.0. The number of carbonyl (C=O) groups excluding carboxylic acids is 3. The summed E-state index contributed by atoms with van der Waals surface area (Å²) in [5.41, 5.74) is 1.03. The highest BCUT2D eigenvalue weighted by molar-refractivity contribution is 7.92. The van der Waals surface area contributed by atoms with E-state index in [4.69, 9.17) is 23.2 Å². The molecule has 2 aromatic carbocycles. The molecule has 1 atom stereocenters. The van der Waals surface area contributed by atoms with Crippen molar-refractivity contribution in [2.75, 3.05) is 23.7 Å². The fraction of sp³-hybridized carbons (Fsp3) is 0.400. The molecule has 2 aromatic rings. The fourth-order valence-corrected chi connectivity index (χ4v) is 4.76. The lowest BCUT2D eigenvalue weighted by Crippen LogP contribution is -2.51. The van der Waals surface area contributed by atoms with Gasteiger partial charge >= 0.3 is 0 Å². The zero-order valence-electron chi connectivity index (χ0n) is 20.8. The van der Waals surface area contributed by atoms with E-state index >= 15 is 0 Å². The lowest BCUT2D eigenvalue weighted by atomic mass is 10.1. The minimum absolute atomic E-state index is 0.0394. The monoisotopic (exact) mass is 555 g/mol. The van der Waals surface area contributed by atoms with Gasteiger partial charge in [0.05, 0.1) is 11.9 Å². The molecule has 1 N–H and O–H groups in total. The number of carbonyl (C=O) groups is 3. The Hall–Kier alpha value is -2.62. The second kappa shape index (κ2) is 13.1. The first-order valence-electron chi connectivity index (χ1n) is 11.4. The summed E-state index contributed by atoms with van der Waals surface area (Å²) >= 11 is 12.3. The number of hydrogen-bond acceptors (Lipinski definition) is 5. The highest BCUT2D eigenvalue weighted by atomic mass is 35.5. The summed E-state index contributed by atoms with van der Waals surface area (Å²) in [5.74, 6) is -1.22. The maximum atomic E-state index is 13.6. The number of Topliss-reactive ketones (excluding diaryl/α,β-unsaturated/α-hetero) is 1. The molecule has 196 valence electrons. The van der Waals surface area contributed by atoms with Gasteiger partial charge in [0.1, 0.15) is 12.6 Å². The topological polar surface area (TPSA) is 104 Å². The third kappa shape index (κ3) is 8.21. The number of nitrogens with one attached hydrogen (secondary N) is 1. The summed E-state index contributed by atoms with van der Waals surface area (Å²) in [6, 6.07) is 9.91. The minimum atomic E-state index is -3.91. The van der Waals surface area contributed by atoms with Crippen LogP contribution in [-0.2, 0) is 26.2 Å². The second-order valence-electron chi connectivity index (χ2n) is 8.45. The molecule has 0 saturated heterocycles. The first kappa shape index (κ1) is 29.6. The molecular formula is C25H31Cl2N3O5S. The number of amides is 2. The lowest BCUT2D eigenvalue weighted by Gasteiger charge is -2.31. The van der Waals surface area contributed by atoms with E-state index in [2.05, 4.69) is 5.32 Å². The van der Waals surface area contributed by atoms with Crippen LogP contribution in [0.5, 0.6) is 0 Å². The molecular weight excluding hydrogens is 525 g/mol. The van der Waals surface area contributed by atoms with Gasteiger partial charge in [0.25, 0.3) is 0 Å². The summed E-state index contributed by atoms with van der Waals surface area (Å²) in [7, 11) is -3.91. The average Bonchev–Trinajstić information content (AvgIpc) is 2.81. The van der Waals surface area contributed by atoms with E-state index in [1.807, 2.05) is 6.92 Å². The van der Waals surface area contributed by atoms with Gasteiger partial charge in [0.15, 0.2) is 5.78 Å². The Morgan fingerprint density at radius 3 is 2.36 bits per heavy atom. The maximum absolute atomic E-state index is 13.6. The SMILES string of the molecule is CCCCNC(=O)C(C)N(Cc1ccc(Cl)cc1Cl)C(=O)CN(c1cccc(C(C)=O)c1)S(C)(=O)=O. The summed E-state index contributed by atoms with van der Waals surface area (Å²) < 4.78 is 26.2. The molecule has 1 unspecified atom stereocenters. The van der Waals surface area contributed by atoms with Gasteiger partial charge < -0.3 is 10.2 Å². The van der Waals surface area contributed by atoms with Gasteiger partial charge in [-0.3, -0.25) is 18.7 Å². The lowest BCUT2D eigenvalue weighted by molar-refractivity contribution is -0.139. The van der Waals surface area contributed by atoms with Crippen LogP contribution in [0.3, 0.4) is 0 Å². The van der Waals surface area contributed by atoms with Crippen LogP contribution in [0.1, 0.15) is 49.5 Å². The highest BCUT2D eigenvalue weighted by Gasteiger charge is 2.30. The number of benzene rings is 2. The van der Waals surface area contributed by atoms with Crippen molar-refractivity contribution in [2.24, 2.45) is 0 Å². The third-order valence-corrected chi connectivity index (χ3v) is 7.30. The summed E-state index contributed by atoms with van der Waals surface area (Å²) in [4.78, 5) is 39.5. The van der Waals surface area contributed by atoms with Gasteiger partial charge in [-0.15, -0.1) is 0 Å². The molecule has 2 rings (SSSR count). The molecule has 8 nitrogen and oxygen atoms in total. The van der Waals surface area contributed by atoms with E-state index in [1.54, 1.807) is 31.2 Å². The minimum Gasteiger partial charge on any atom is -0.354 e. The van der Waals surface area contributed by atoms with Crippen molar-refractivity contribution in [3.63, 3.8) is 0 Å². The number of unbranched alkanes of at least 4 members (excludes halogenated alkanes) is 1. The Bertz CT molecular complexity index is 1220. The van der Waals surface area contributed by atoms with Gasteiger partial charge in [-0.1, -0.05) is 54.7 Å². The quantitative estimate of drug-likeness (QED) is 0.310. The van der Waals surface area contributed by atoms with Gasteiger partial charge in [-0.2, -0.15) is 0 Å². The van der Waals surface area contributed by atoms with E-state index in [9.17, 15) is 22.8 Å². The number of sulfonamides is 1. The number of rotatable bonds is 12. The van der Waals surface area contributed by atoms with Crippen LogP contribution in [0, 0.1) is 0 Å². The molecule has 0 saturated carbocycles. The van der Waals surface area contributed by atoms with E-state index in [-0.39, 0.29) is 23.9 Å². The predicted octanol–water partition coefficient (Wildman–Crippen LogP) is 4.30. The van der Waals surface area contributed by atoms with Crippen LogP contribution >= 0.6 is 23.2 Å². The molecule has 0 fully saturated rings. The Morgan fingerprint density at radius 2 is 1.78 bits per heavy atom. The molecule has 36 heavy (non-hydrogen) atoms. The van der Waals surface area contributed by atoms with Gasteiger partial charge in [-0.25, -0.2) is 8.42 Å². The summed E-state index contributed by atoms with van der Waals surface area (Å²) in [5, 5.41) is 3.54. The number of halogens is 2. The highest BCUT2D eigenvalue weighted by Crippen LogP contribution is 2.24. The molecule has 11 heteroatoms. The summed E-state index contributed by atoms with van der Waals surface area (Å²) in [6.07, 6.45) is 2.64.